The highest BCUT2D eigenvalue weighted by molar-refractivity contribution is 5.40. The van der Waals surface area contributed by atoms with Crippen LogP contribution in [0.5, 0.6) is 11.5 Å². The van der Waals surface area contributed by atoms with Crippen LogP contribution in [0.3, 0.4) is 0 Å². The van der Waals surface area contributed by atoms with E-state index in [4.69, 9.17) is 9.47 Å². The lowest BCUT2D eigenvalue weighted by Gasteiger charge is -2.12. The molecular formula is C17H22N2O2. The first kappa shape index (κ1) is 15.2. The molecule has 0 aliphatic heterocycles. The van der Waals surface area contributed by atoms with Gasteiger partial charge in [0.1, 0.15) is 12.4 Å². The van der Waals surface area contributed by atoms with E-state index in [0.29, 0.717) is 13.2 Å². The number of nitrogens with one attached hydrogen (secondary N) is 1. The van der Waals surface area contributed by atoms with Crippen LogP contribution in [0.25, 0.3) is 0 Å². The number of pyridine rings is 1. The molecule has 0 saturated heterocycles. The SMILES string of the molecule is CCCNc1cc(COc2ccccc2OCC)ccn1. The Hall–Kier alpha value is -2.23. The first-order valence-electron chi connectivity index (χ1n) is 7.37. The number of hydrogen-bond donors (Lipinski definition) is 1. The lowest BCUT2D eigenvalue weighted by atomic mass is 10.2. The normalized spacial score (nSPS) is 10.2. The molecule has 1 N–H and O–H groups in total. The summed E-state index contributed by atoms with van der Waals surface area (Å²) in [7, 11) is 0. The van der Waals surface area contributed by atoms with Crippen molar-refractivity contribution in [3.05, 3.63) is 48.2 Å². The van der Waals surface area contributed by atoms with Gasteiger partial charge in [-0.05, 0) is 43.2 Å². The van der Waals surface area contributed by atoms with Crippen LogP contribution in [0, 0.1) is 0 Å². The summed E-state index contributed by atoms with van der Waals surface area (Å²) in [6.07, 6.45) is 2.87. The van der Waals surface area contributed by atoms with Crippen molar-refractivity contribution in [2.24, 2.45) is 0 Å². The van der Waals surface area contributed by atoms with Gasteiger partial charge in [-0.3, -0.25) is 0 Å². The Labute approximate surface area is 126 Å². The number of aromatic nitrogens is 1. The summed E-state index contributed by atoms with van der Waals surface area (Å²) in [5, 5.41) is 3.27. The van der Waals surface area contributed by atoms with Gasteiger partial charge < -0.3 is 14.8 Å². The smallest absolute Gasteiger partial charge is 0.161 e. The molecule has 1 aromatic carbocycles. The zero-order valence-corrected chi connectivity index (χ0v) is 12.6. The van der Waals surface area contributed by atoms with Gasteiger partial charge in [0.2, 0.25) is 0 Å². The Kier molecular flexibility index (Phi) is 5.88. The standard InChI is InChI=1S/C17H22N2O2/c1-3-10-18-17-12-14(9-11-19-17)13-21-16-8-6-5-7-15(16)20-4-2/h5-9,11-12H,3-4,10,13H2,1-2H3,(H,18,19). The first-order chi connectivity index (χ1) is 10.3. The van der Waals surface area contributed by atoms with E-state index in [2.05, 4.69) is 17.2 Å². The third-order valence-corrected chi connectivity index (χ3v) is 2.92. The van der Waals surface area contributed by atoms with E-state index in [0.717, 1.165) is 35.8 Å². The monoisotopic (exact) mass is 286 g/mol. The minimum atomic E-state index is 0.493. The second-order valence-corrected chi connectivity index (χ2v) is 4.64. The summed E-state index contributed by atoms with van der Waals surface area (Å²) in [6, 6.07) is 11.7. The van der Waals surface area contributed by atoms with Crippen LogP contribution in [0.1, 0.15) is 25.8 Å². The molecule has 21 heavy (non-hydrogen) atoms. The molecule has 0 radical (unpaired) electrons. The zero-order chi connectivity index (χ0) is 14.9. The van der Waals surface area contributed by atoms with E-state index in [1.807, 2.05) is 43.3 Å². The largest absolute Gasteiger partial charge is 0.490 e. The molecule has 2 rings (SSSR count). The van der Waals surface area contributed by atoms with E-state index in [-0.39, 0.29) is 0 Å². The van der Waals surface area contributed by atoms with E-state index < -0.39 is 0 Å². The zero-order valence-electron chi connectivity index (χ0n) is 12.6. The molecule has 0 atom stereocenters. The van der Waals surface area contributed by atoms with Gasteiger partial charge in [0.15, 0.2) is 11.5 Å². The lowest BCUT2D eigenvalue weighted by molar-refractivity contribution is 0.269. The number of nitrogens with zero attached hydrogens (tertiary/aromatic N) is 1. The number of benzene rings is 1. The van der Waals surface area contributed by atoms with Crippen molar-refractivity contribution >= 4 is 5.82 Å². The Morgan fingerprint density at radius 1 is 1.05 bits per heavy atom. The number of anilines is 1. The highest BCUT2D eigenvalue weighted by Crippen LogP contribution is 2.27. The van der Waals surface area contributed by atoms with Crippen LogP contribution < -0.4 is 14.8 Å². The van der Waals surface area contributed by atoms with Crippen molar-refractivity contribution in [3.8, 4) is 11.5 Å². The third-order valence-electron chi connectivity index (χ3n) is 2.92. The van der Waals surface area contributed by atoms with Crippen molar-refractivity contribution in [3.63, 3.8) is 0 Å². The average Bonchev–Trinajstić information content (AvgIpc) is 2.53. The van der Waals surface area contributed by atoms with Gasteiger partial charge in [0.25, 0.3) is 0 Å². The molecule has 0 fully saturated rings. The van der Waals surface area contributed by atoms with E-state index in [1.165, 1.54) is 0 Å². The summed E-state index contributed by atoms with van der Waals surface area (Å²) >= 11 is 0. The summed E-state index contributed by atoms with van der Waals surface area (Å²) in [5.41, 5.74) is 1.08. The first-order valence-corrected chi connectivity index (χ1v) is 7.37. The van der Waals surface area contributed by atoms with E-state index in [9.17, 15) is 0 Å². The van der Waals surface area contributed by atoms with Crippen LogP contribution in [-0.2, 0) is 6.61 Å². The molecule has 1 heterocycles. The van der Waals surface area contributed by atoms with E-state index in [1.54, 1.807) is 6.20 Å². The quantitative estimate of drug-likeness (QED) is 0.799. The maximum absolute atomic E-state index is 5.85. The van der Waals surface area contributed by atoms with Gasteiger partial charge >= 0.3 is 0 Å². The van der Waals surface area contributed by atoms with Crippen molar-refractivity contribution in [1.82, 2.24) is 4.98 Å². The molecule has 0 saturated carbocycles. The van der Waals surface area contributed by atoms with Gasteiger partial charge in [-0.15, -0.1) is 0 Å². The molecule has 0 aliphatic rings. The molecular weight excluding hydrogens is 264 g/mol. The maximum Gasteiger partial charge on any atom is 0.161 e. The predicted molar refractivity (Wildman–Crippen MR) is 85.0 cm³/mol. The predicted octanol–water partition coefficient (Wildman–Crippen LogP) is 3.88. The Balaban J connectivity index is 1.99. The molecule has 0 spiro atoms. The Morgan fingerprint density at radius 2 is 1.81 bits per heavy atom. The highest BCUT2D eigenvalue weighted by atomic mass is 16.5. The fourth-order valence-electron chi connectivity index (χ4n) is 1.92. The van der Waals surface area contributed by atoms with Crippen molar-refractivity contribution in [2.75, 3.05) is 18.5 Å². The van der Waals surface area contributed by atoms with Gasteiger partial charge in [-0.1, -0.05) is 19.1 Å². The van der Waals surface area contributed by atoms with Crippen LogP contribution in [0.4, 0.5) is 5.82 Å². The number of rotatable bonds is 8. The molecule has 2 aromatic rings. The molecule has 4 nitrogen and oxygen atoms in total. The molecule has 0 unspecified atom stereocenters. The molecule has 4 heteroatoms. The average molecular weight is 286 g/mol. The fraction of sp³-hybridized carbons (Fsp3) is 0.353. The fourth-order valence-corrected chi connectivity index (χ4v) is 1.92. The molecule has 0 bridgehead atoms. The second-order valence-electron chi connectivity index (χ2n) is 4.64. The lowest BCUT2D eigenvalue weighted by Crippen LogP contribution is -2.04. The highest BCUT2D eigenvalue weighted by Gasteiger charge is 2.04. The van der Waals surface area contributed by atoms with Crippen LogP contribution >= 0.6 is 0 Å². The molecule has 0 aliphatic carbocycles. The summed E-state index contributed by atoms with van der Waals surface area (Å²) in [6.45, 7) is 6.13. The molecule has 1 aromatic heterocycles. The van der Waals surface area contributed by atoms with E-state index >= 15 is 0 Å². The molecule has 112 valence electrons. The van der Waals surface area contributed by atoms with Crippen molar-refractivity contribution in [2.45, 2.75) is 26.9 Å². The minimum Gasteiger partial charge on any atom is -0.490 e. The van der Waals surface area contributed by atoms with Gasteiger partial charge in [0, 0.05) is 12.7 Å². The van der Waals surface area contributed by atoms with Crippen molar-refractivity contribution < 1.29 is 9.47 Å². The van der Waals surface area contributed by atoms with Gasteiger partial charge in [-0.2, -0.15) is 0 Å². The topological polar surface area (TPSA) is 43.4 Å². The summed E-state index contributed by atoms with van der Waals surface area (Å²) < 4.78 is 11.4. The van der Waals surface area contributed by atoms with Gasteiger partial charge in [0.05, 0.1) is 6.61 Å². The summed E-state index contributed by atoms with van der Waals surface area (Å²) in [5.74, 6) is 2.42. The number of para-hydroxylation sites is 2. The van der Waals surface area contributed by atoms with Gasteiger partial charge in [-0.25, -0.2) is 4.98 Å². The molecule has 0 amide bonds. The summed E-state index contributed by atoms with van der Waals surface area (Å²) in [4.78, 5) is 4.29. The van der Waals surface area contributed by atoms with Crippen LogP contribution in [0.2, 0.25) is 0 Å². The van der Waals surface area contributed by atoms with Crippen LogP contribution in [0.15, 0.2) is 42.6 Å². The minimum absolute atomic E-state index is 0.493. The van der Waals surface area contributed by atoms with Crippen molar-refractivity contribution in [1.29, 1.82) is 0 Å². The number of ether oxygens (including phenoxy) is 2. The number of hydrogen-bond acceptors (Lipinski definition) is 4. The third kappa shape index (κ3) is 4.67. The van der Waals surface area contributed by atoms with Crippen LogP contribution in [-0.4, -0.2) is 18.1 Å². The second kappa shape index (κ2) is 8.15. The Bertz CT molecular complexity index is 558. The maximum atomic E-state index is 5.85. The Morgan fingerprint density at radius 3 is 2.52 bits per heavy atom.